The minimum Gasteiger partial charge on any atom is -0.456 e. The lowest BCUT2D eigenvalue weighted by molar-refractivity contribution is 0.469. The smallest absolute Gasteiger partial charge is 0.148 e. The third-order valence-electron chi connectivity index (χ3n) is 2.21. The normalized spacial score (nSPS) is 9.89. The van der Waals surface area contributed by atoms with E-state index in [2.05, 4.69) is 0 Å². The molecule has 0 amide bonds. The summed E-state index contributed by atoms with van der Waals surface area (Å²) in [7, 11) is 0. The number of rotatable bonds is 2. The summed E-state index contributed by atoms with van der Waals surface area (Å²) >= 11 is 5.52. The SMILES string of the molecule is N#Cc1c(F)cccc1Oc1ccc(Cl)c(F)c1. The lowest BCUT2D eigenvalue weighted by atomic mass is 10.2. The van der Waals surface area contributed by atoms with Crippen molar-refractivity contribution >= 4 is 11.6 Å². The van der Waals surface area contributed by atoms with E-state index in [1.807, 2.05) is 0 Å². The second-order valence-corrected chi connectivity index (χ2v) is 3.81. The zero-order valence-electron chi connectivity index (χ0n) is 8.95. The molecule has 90 valence electrons. The van der Waals surface area contributed by atoms with Gasteiger partial charge in [-0.15, -0.1) is 0 Å². The van der Waals surface area contributed by atoms with Crippen LogP contribution in [0.1, 0.15) is 5.56 Å². The van der Waals surface area contributed by atoms with Crippen LogP contribution in [-0.2, 0) is 0 Å². The average Bonchev–Trinajstić information content (AvgIpc) is 2.34. The van der Waals surface area contributed by atoms with Crippen LogP contribution in [0.25, 0.3) is 0 Å². The van der Waals surface area contributed by atoms with Gasteiger partial charge in [0.05, 0.1) is 5.02 Å². The molecule has 0 aliphatic carbocycles. The molecule has 0 aliphatic heterocycles. The summed E-state index contributed by atoms with van der Waals surface area (Å²) in [6, 6.07) is 9.47. The molecule has 0 spiro atoms. The largest absolute Gasteiger partial charge is 0.456 e. The van der Waals surface area contributed by atoms with Crippen molar-refractivity contribution in [1.29, 1.82) is 5.26 Å². The number of ether oxygens (including phenoxy) is 1. The van der Waals surface area contributed by atoms with Crippen LogP contribution in [0.4, 0.5) is 8.78 Å². The van der Waals surface area contributed by atoms with Crippen LogP contribution in [-0.4, -0.2) is 0 Å². The van der Waals surface area contributed by atoms with Crippen LogP contribution < -0.4 is 4.74 Å². The summed E-state index contributed by atoms with van der Waals surface area (Å²) < 4.78 is 31.7. The molecule has 0 radical (unpaired) electrons. The molecule has 0 unspecified atom stereocenters. The van der Waals surface area contributed by atoms with Gasteiger partial charge in [0.1, 0.15) is 34.8 Å². The van der Waals surface area contributed by atoms with Crippen molar-refractivity contribution in [1.82, 2.24) is 0 Å². The predicted molar refractivity (Wildman–Crippen MR) is 62.6 cm³/mol. The van der Waals surface area contributed by atoms with Gasteiger partial charge < -0.3 is 4.74 Å². The van der Waals surface area contributed by atoms with E-state index in [9.17, 15) is 8.78 Å². The Bertz CT molecular complexity index is 637. The van der Waals surface area contributed by atoms with Gasteiger partial charge in [-0.25, -0.2) is 8.78 Å². The molecule has 0 N–H and O–H groups in total. The molecule has 0 heterocycles. The standard InChI is InChI=1S/C13H6ClF2NO/c14-10-5-4-8(6-12(10)16)18-13-3-1-2-11(15)9(13)7-17/h1-6H. The zero-order chi connectivity index (χ0) is 13.1. The fourth-order valence-corrected chi connectivity index (χ4v) is 1.48. The number of nitriles is 1. The lowest BCUT2D eigenvalue weighted by Gasteiger charge is -2.08. The van der Waals surface area contributed by atoms with E-state index in [4.69, 9.17) is 21.6 Å². The molecule has 0 saturated heterocycles. The third kappa shape index (κ3) is 2.41. The van der Waals surface area contributed by atoms with E-state index in [0.29, 0.717) is 0 Å². The van der Waals surface area contributed by atoms with Gasteiger partial charge in [-0.1, -0.05) is 17.7 Å². The van der Waals surface area contributed by atoms with Gasteiger partial charge >= 0.3 is 0 Å². The first-order chi connectivity index (χ1) is 8.61. The van der Waals surface area contributed by atoms with Gasteiger partial charge in [0, 0.05) is 6.07 Å². The summed E-state index contributed by atoms with van der Waals surface area (Å²) in [4.78, 5) is 0. The second-order valence-electron chi connectivity index (χ2n) is 3.40. The van der Waals surface area contributed by atoms with Gasteiger partial charge in [-0.05, 0) is 24.3 Å². The Morgan fingerprint density at radius 2 is 1.89 bits per heavy atom. The second kappa shape index (κ2) is 5.03. The van der Waals surface area contributed by atoms with E-state index in [1.165, 1.54) is 24.3 Å². The number of halogens is 3. The molecule has 5 heteroatoms. The summed E-state index contributed by atoms with van der Waals surface area (Å²) in [5.74, 6) is -1.17. The van der Waals surface area contributed by atoms with Crippen LogP contribution in [0.2, 0.25) is 5.02 Å². The molecule has 0 saturated carbocycles. The maximum absolute atomic E-state index is 13.3. The Labute approximate surface area is 107 Å². The van der Waals surface area contributed by atoms with E-state index in [-0.39, 0.29) is 22.1 Å². The molecule has 2 nitrogen and oxygen atoms in total. The highest BCUT2D eigenvalue weighted by Crippen LogP contribution is 2.28. The van der Waals surface area contributed by atoms with E-state index >= 15 is 0 Å². The van der Waals surface area contributed by atoms with Crippen molar-refractivity contribution in [2.45, 2.75) is 0 Å². The minimum atomic E-state index is -0.690. The molecule has 0 aliphatic rings. The average molecular weight is 266 g/mol. The Hall–Kier alpha value is -2.12. The molecule has 2 rings (SSSR count). The van der Waals surface area contributed by atoms with Crippen molar-refractivity contribution in [2.24, 2.45) is 0 Å². The summed E-state index contributed by atoms with van der Waals surface area (Å²) in [5, 5.41) is 8.77. The third-order valence-corrected chi connectivity index (χ3v) is 2.51. The zero-order valence-corrected chi connectivity index (χ0v) is 9.71. The topological polar surface area (TPSA) is 33.0 Å². The van der Waals surface area contributed by atoms with Crippen LogP contribution in [0.5, 0.6) is 11.5 Å². The van der Waals surface area contributed by atoms with Crippen LogP contribution in [0.3, 0.4) is 0 Å². The summed E-state index contributed by atoms with van der Waals surface area (Å²) in [6.07, 6.45) is 0. The molecule has 0 aromatic heterocycles. The highest BCUT2D eigenvalue weighted by atomic mass is 35.5. The first kappa shape index (κ1) is 12.3. The molecule has 18 heavy (non-hydrogen) atoms. The highest BCUT2D eigenvalue weighted by molar-refractivity contribution is 6.30. The Morgan fingerprint density at radius 1 is 1.11 bits per heavy atom. The van der Waals surface area contributed by atoms with Gasteiger partial charge in [0.2, 0.25) is 0 Å². The van der Waals surface area contributed by atoms with Crippen LogP contribution in [0, 0.1) is 23.0 Å². The first-order valence-corrected chi connectivity index (χ1v) is 5.31. The molecule has 0 atom stereocenters. The number of hydrogen-bond donors (Lipinski definition) is 0. The van der Waals surface area contributed by atoms with Crippen molar-refractivity contribution in [3.63, 3.8) is 0 Å². The van der Waals surface area contributed by atoms with E-state index < -0.39 is 11.6 Å². The van der Waals surface area contributed by atoms with Crippen LogP contribution >= 0.6 is 11.6 Å². The van der Waals surface area contributed by atoms with Gasteiger partial charge in [0.15, 0.2) is 0 Å². The maximum atomic E-state index is 13.3. The van der Waals surface area contributed by atoms with Crippen LogP contribution in [0.15, 0.2) is 36.4 Å². The van der Waals surface area contributed by atoms with E-state index in [0.717, 1.165) is 12.1 Å². The minimum absolute atomic E-state index is 0.0271. The summed E-state index contributed by atoms with van der Waals surface area (Å²) in [5.41, 5.74) is -0.229. The van der Waals surface area contributed by atoms with Gasteiger partial charge in [-0.2, -0.15) is 5.26 Å². The van der Waals surface area contributed by atoms with Crippen molar-refractivity contribution in [3.05, 3.63) is 58.6 Å². The Kier molecular flexibility index (Phi) is 3.45. The molecule has 2 aromatic carbocycles. The molecular formula is C13H6ClF2NO. The molecule has 2 aromatic rings. The Balaban J connectivity index is 2.37. The fraction of sp³-hybridized carbons (Fsp3) is 0. The molecular weight excluding hydrogens is 260 g/mol. The van der Waals surface area contributed by atoms with Crippen molar-refractivity contribution in [3.8, 4) is 17.6 Å². The number of nitrogens with zero attached hydrogens (tertiary/aromatic N) is 1. The number of hydrogen-bond acceptors (Lipinski definition) is 2. The predicted octanol–water partition coefficient (Wildman–Crippen LogP) is 4.28. The van der Waals surface area contributed by atoms with E-state index in [1.54, 1.807) is 6.07 Å². The fourth-order valence-electron chi connectivity index (χ4n) is 1.37. The highest BCUT2D eigenvalue weighted by Gasteiger charge is 2.10. The molecule has 0 fully saturated rings. The lowest BCUT2D eigenvalue weighted by Crippen LogP contribution is -1.92. The van der Waals surface area contributed by atoms with Crippen molar-refractivity contribution in [2.75, 3.05) is 0 Å². The Morgan fingerprint density at radius 3 is 2.56 bits per heavy atom. The van der Waals surface area contributed by atoms with Gasteiger partial charge in [0.25, 0.3) is 0 Å². The maximum Gasteiger partial charge on any atom is 0.148 e. The quantitative estimate of drug-likeness (QED) is 0.812. The molecule has 0 bridgehead atoms. The first-order valence-electron chi connectivity index (χ1n) is 4.93. The number of benzene rings is 2. The summed E-state index contributed by atoms with van der Waals surface area (Å²) in [6.45, 7) is 0. The van der Waals surface area contributed by atoms with Crippen molar-refractivity contribution < 1.29 is 13.5 Å². The van der Waals surface area contributed by atoms with Gasteiger partial charge in [-0.3, -0.25) is 0 Å². The monoisotopic (exact) mass is 265 g/mol.